The summed E-state index contributed by atoms with van der Waals surface area (Å²) in [6.07, 6.45) is 0. The molecule has 1 unspecified atom stereocenters. The Kier molecular flexibility index (Phi) is 5.47. The minimum absolute atomic E-state index is 0.217. The number of benzene rings is 1. The average Bonchev–Trinajstić information content (AvgIpc) is 2.32. The molecule has 0 spiro atoms. The molecule has 1 rings (SSSR count). The van der Waals surface area contributed by atoms with Gasteiger partial charge in [0, 0.05) is 5.69 Å². The van der Waals surface area contributed by atoms with Crippen LogP contribution >= 0.6 is 0 Å². The van der Waals surface area contributed by atoms with Gasteiger partial charge in [-0.25, -0.2) is 4.39 Å². The highest BCUT2D eigenvalue weighted by molar-refractivity contribution is 6.05. The Balaban J connectivity index is 2.96. The van der Waals surface area contributed by atoms with Gasteiger partial charge in [-0.2, -0.15) is 0 Å². The number of carbonyl (C=O) groups excluding carboxylic acids is 2. The predicted molar refractivity (Wildman–Crippen MR) is 79.3 cm³/mol. The zero-order valence-electron chi connectivity index (χ0n) is 13.1. The van der Waals surface area contributed by atoms with Gasteiger partial charge in [-0.15, -0.1) is 0 Å². The van der Waals surface area contributed by atoms with E-state index < -0.39 is 23.2 Å². The molecule has 0 saturated carbocycles. The van der Waals surface area contributed by atoms with E-state index in [9.17, 15) is 14.0 Å². The normalized spacial score (nSPS) is 12.7. The van der Waals surface area contributed by atoms with Gasteiger partial charge in [0.05, 0.1) is 6.61 Å². The molecule has 5 heteroatoms. The van der Waals surface area contributed by atoms with Crippen molar-refractivity contribution < 1.29 is 18.7 Å². The second kappa shape index (κ2) is 6.70. The number of hydrogen-bond donors (Lipinski definition) is 1. The van der Waals surface area contributed by atoms with Crippen LogP contribution in [-0.2, 0) is 14.3 Å². The molecule has 1 aromatic carbocycles. The summed E-state index contributed by atoms with van der Waals surface area (Å²) in [6, 6.07) is 4.27. The van der Waals surface area contributed by atoms with Crippen LogP contribution < -0.4 is 5.32 Å². The summed E-state index contributed by atoms with van der Waals surface area (Å²) >= 11 is 0. The molecular formula is C16H22FNO3. The summed E-state index contributed by atoms with van der Waals surface area (Å²) in [5, 5.41) is 2.65. The van der Waals surface area contributed by atoms with Crippen LogP contribution in [0.25, 0.3) is 0 Å². The Morgan fingerprint density at radius 3 is 2.43 bits per heavy atom. The molecule has 0 saturated heterocycles. The molecule has 1 amide bonds. The van der Waals surface area contributed by atoms with Crippen LogP contribution in [0, 0.1) is 24.1 Å². The maximum Gasteiger partial charge on any atom is 0.319 e. The van der Waals surface area contributed by atoms with Crippen molar-refractivity contribution in [3.8, 4) is 0 Å². The van der Waals surface area contributed by atoms with Crippen LogP contribution in [0.5, 0.6) is 0 Å². The summed E-state index contributed by atoms with van der Waals surface area (Å²) in [6.45, 7) is 8.91. The summed E-state index contributed by atoms with van der Waals surface area (Å²) in [7, 11) is 0. The molecule has 116 valence electrons. The van der Waals surface area contributed by atoms with E-state index in [1.165, 1.54) is 18.2 Å². The third-order valence-corrected chi connectivity index (χ3v) is 3.08. The second-order valence-electron chi connectivity index (χ2n) is 6.00. The third-order valence-electron chi connectivity index (χ3n) is 3.08. The highest BCUT2D eigenvalue weighted by atomic mass is 19.1. The molecule has 0 heterocycles. The minimum atomic E-state index is -0.928. The Labute approximate surface area is 124 Å². The van der Waals surface area contributed by atoms with Gasteiger partial charge in [-0.3, -0.25) is 9.59 Å². The highest BCUT2D eigenvalue weighted by Gasteiger charge is 2.38. The number of nitrogens with one attached hydrogen (secondary N) is 1. The molecule has 0 fully saturated rings. The SMILES string of the molecule is CCOC(=O)C(C(=O)Nc1ccc(F)c(C)c1)C(C)(C)C. The molecule has 0 aliphatic heterocycles. The number of amides is 1. The molecule has 1 aromatic rings. The molecule has 1 N–H and O–H groups in total. The van der Waals surface area contributed by atoms with E-state index in [4.69, 9.17) is 4.74 Å². The van der Waals surface area contributed by atoms with Gasteiger partial charge in [0.2, 0.25) is 5.91 Å². The van der Waals surface area contributed by atoms with Crippen LogP contribution in [0.4, 0.5) is 10.1 Å². The van der Waals surface area contributed by atoms with E-state index in [1.807, 2.05) is 0 Å². The second-order valence-corrected chi connectivity index (χ2v) is 6.00. The number of rotatable bonds is 4. The van der Waals surface area contributed by atoms with E-state index in [0.29, 0.717) is 11.3 Å². The van der Waals surface area contributed by atoms with Crippen molar-refractivity contribution in [3.05, 3.63) is 29.6 Å². The fourth-order valence-electron chi connectivity index (χ4n) is 2.02. The van der Waals surface area contributed by atoms with Crippen molar-refractivity contribution in [1.82, 2.24) is 0 Å². The number of ether oxygens (including phenoxy) is 1. The lowest BCUT2D eigenvalue weighted by Gasteiger charge is -2.27. The maximum absolute atomic E-state index is 13.2. The van der Waals surface area contributed by atoms with Gasteiger partial charge in [0.25, 0.3) is 0 Å². The lowest BCUT2D eigenvalue weighted by atomic mass is 9.80. The van der Waals surface area contributed by atoms with E-state index in [-0.39, 0.29) is 12.4 Å². The van der Waals surface area contributed by atoms with E-state index in [1.54, 1.807) is 34.6 Å². The van der Waals surface area contributed by atoms with Crippen LogP contribution in [0.15, 0.2) is 18.2 Å². The molecule has 0 aromatic heterocycles. The van der Waals surface area contributed by atoms with Crippen LogP contribution in [0.1, 0.15) is 33.3 Å². The predicted octanol–water partition coefficient (Wildman–Crippen LogP) is 3.30. The summed E-state index contributed by atoms with van der Waals surface area (Å²) in [4.78, 5) is 24.4. The summed E-state index contributed by atoms with van der Waals surface area (Å²) in [5.74, 6) is -2.28. The fraction of sp³-hybridized carbons (Fsp3) is 0.500. The first-order valence-corrected chi connectivity index (χ1v) is 6.90. The van der Waals surface area contributed by atoms with Gasteiger partial charge in [0.1, 0.15) is 11.7 Å². The van der Waals surface area contributed by atoms with E-state index >= 15 is 0 Å². The summed E-state index contributed by atoms with van der Waals surface area (Å²) < 4.78 is 18.2. The number of anilines is 1. The number of aryl methyl sites for hydroxylation is 1. The standard InChI is InChI=1S/C16H22FNO3/c1-6-21-15(20)13(16(3,4)5)14(19)18-11-7-8-12(17)10(2)9-11/h7-9,13H,6H2,1-5H3,(H,18,19). The zero-order valence-corrected chi connectivity index (χ0v) is 13.1. The van der Waals surface area contributed by atoms with E-state index in [0.717, 1.165) is 0 Å². The van der Waals surface area contributed by atoms with Crippen molar-refractivity contribution in [2.24, 2.45) is 11.3 Å². The van der Waals surface area contributed by atoms with Crippen LogP contribution in [0.2, 0.25) is 0 Å². The Morgan fingerprint density at radius 1 is 1.33 bits per heavy atom. The molecule has 0 aliphatic carbocycles. The molecule has 1 atom stereocenters. The Hall–Kier alpha value is -1.91. The third kappa shape index (κ3) is 4.55. The minimum Gasteiger partial charge on any atom is -0.465 e. The number of esters is 1. The number of halogens is 1. The van der Waals surface area contributed by atoms with Crippen molar-refractivity contribution in [1.29, 1.82) is 0 Å². The monoisotopic (exact) mass is 295 g/mol. The van der Waals surface area contributed by atoms with Crippen molar-refractivity contribution in [3.63, 3.8) is 0 Å². The van der Waals surface area contributed by atoms with Gasteiger partial charge in [-0.1, -0.05) is 20.8 Å². The van der Waals surface area contributed by atoms with Crippen molar-refractivity contribution in [2.45, 2.75) is 34.6 Å². The Bertz CT molecular complexity index is 535. The maximum atomic E-state index is 13.2. The van der Waals surface area contributed by atoms with E-state index in [2.05, 4.69) is 5.32 Å². The van der Waals surface area contributed by atoms with Gasteiger partial charge in [0.15, 0.2) is 0 Å². The van der Waals surface area contributed by atoms with Crippen molar-refractivity contribution >= 4 is 17.6 Å². The van der Waals surface area contributed by atoms with Crippen molar-refractivity contribution in [2.75, 3.05) is 11.9 Å². The molecule has 0 aliphatic rings. The largest absolute Gasteiger partial charge is 0.465 e. The molecule has 4 nitrogen and oxygen atoms in total. The molecule has 0 radical (unpaired) electrons. The average molecular weight is 295 g/mol. The van der Waals surface area contributed by atoms with Gasteiger partial charge in [-0.05, 0) is 43.0 Å². The fourth-order valence-corrected chi connectivity index (χ4v) is 2.02. The summed E-state index contributed by atoms with van der Waals surface area (Å²) in [5.41, 5.74) is 0.305. The molecular weight excluding hydrogens is 273 g/mol. The zero-order chi connectivity index (χ0) is 16.2. The van der Waals surface area contributed by atoms with Gasteiger partial charge >= 0.3 is 5.97 Å². The highest BCUT2D eigenvalue weighted by Crippen LogP contribution is 2.28. The van der Waals surface area contributed by atoms with Crippen LogP contribution in [0.3, 0.4) is 0 Å². The lowest BCUT2D eigenvalue weighted by molar-refractivity contribution is -0.155. The van der Waals surface area contributed by atoms with Gasteiger partial charge < -0.3 is 10.1 Å². The number of hydrogen-bond acceptors (Lipinski definition) is 3. The first-order valence-electron chi connectivity index (χ1n) is 6.90. The quantitative estimate of drug-likeness (QED) is 0.685. The van der Waals surface area contributed by atoms with Crippen LogP contribution in [-0.4, -0.2) is 18.5 Å². The first-order chi connectivity index (χ1) is 9.66. The topological polar surface area (TPSA) is 55.4 Å². The molecule has 21 heavy (non-hydrogen) atoms. The Morgan fingerprint density at radius 2 is 1.95 bits per heavy atom. The first kappa shape index (κ1) is 17.1. The molecule has 0 bridgehead atoms. The number of carbonyl (C=O) groups is 2. The lowest BCUT2D eigenvalue weighted by Crippen LogP contribution is -2.40. The smallest absolute Gasteiger partial charge is 0.319 e.